The first-order valence-corrected chi connectivity index (χ1v) is 11.9. The molecule has 0 bridgehead atoms. The van der Waals surface area contributed by atoms with Crippen LogP contribution >= 0.6 is 0 Å². The number of carbonyl (C=O) groups is 2. The fourth-order valence-electron chi connectivity index (χ4n) is 3.53. The van der Waals surface area contributed by atoms with Gasteiger partial charge >= 0.3 is 0 Å². The molecular weight excluding hydrogens is 418 g/mol. The summed E-state index contributed by atoms with van der Waals surface area (Å²) < 4.78 is 30.8. The van der Waals surface area contributed by atoms with Crippen molar-refractivity contribution in [2.45, 2.75) is 19.3 Å². The van der Waals surface area contributed by atoms with Crippen molar-refractivity contribution in [2.24, 2.45) is 0 Å². The van der Waals surface area contributed by atoms with Gasteiger partial charge in [-0.2, -0.15) is 0 Å². The minimum absolute atomic E-state index is 0.136. The van der Waals surface area contributed by atoms with E-state index in [1.807, 2.05) is 0 Å². The third-order valence-corrected chi connectivity index (χ3v) is 6.24. The first-order chi connectivity index (χ1) is 14.8. The number of hydrogen-bond acceptors (Lipinski definition) is 5. The maximum absolute atomic E-state index is 12.9. The fourth-order valence-corrected chi connectivity index (χ4v) is 4.38. The van der Waals surface area contributed by atoms with Crippen LogP contribution in [-0.2, 0) is 14.8 Å². The van der Waals surface area contributed by atoms with Crippen molar-refractivity contribution in [1.29, 1.82) is 0 Å². The molecule has 2 amide bonds. The van der Waals surface area contributed by atoms with Crippen molar-refractivity contribution in [3.63, 3.8) is 0 Å². The summed E-state index contributed by atoms with van der Waals surface area (Å²) in [7, 11) is -2.25. The zero-order chi connectivity index (χ0) is 22.4. The molecule has 166 valence electrons. The summed E-state index contributed by atoms with van der Waals surface area (Å²) >= 11 is 0. The summed E-state index contributed by atoms with van der Waals surface area (Å²) in [5.41, 5.74) is 1.07. The molecule has 0 spiro atoms. The Bertz CT molecular complexity index is 1050. The number of ether oxygens (including phenoxy) is 1. The van der Waals surface area contributed by atoms with Gasteiger partial charge in [0.25, 0.3) is 5.91 Å². The number of para-hydroxylation sites is 1. The minimum atomic E-state index is -3.73. The molecular formula is C22H27N3O5S. The van der Waals surface area contributed by atoms with Crippen molar-refractivity contribution in [1.82, 2.24) is 4.90 Å². The Balaban J connectivity index is 1.79. The van der Waals surface area contributed by atoms with E-state index in [0.717, 1.165) is 29.8 Å². The van der Waals surface area contributed by atoms with Crippen LogP contribution in [0.3, 0.4) is 0 Å². The molecule has 9 heteroatoms. The van der Waals surface area contributed by atoms with Gasteiger partial charge in [0.1, 0.15) is 12.3 Å². The number of nitrogens with zero attached hydrogens (tertiary/aromatic N) is 2. The predicted octanol–water partition coefficient (Wildman–Crippen LogP) is 2.73. The van der Waals surface area contributed by atoms with Crippen LogP contribution in [0.2, 0.25) is 0 Å². The second-order valence-electron chi connectivity index (χ2n) is 7.42. The molecule has 1 heterocycles. The molecule has 1 aliphatic rings. The second-order valence-corrected chi connectivity index (χ2v) is 9.32. The molecule has 1 fully saturated rings. The quantitative estimate of drug-likeness (QED) is 0.707. The SMILES string of the molecule is COc1cccc(N(CC(=O)Nc2ccccc2C(=O)N2CCCCC2)S(C)(=O)=O)c1. The molecule has 2 aromatic carbocycles. The number of benzene rings is 2. The van der Waals surface area contributed by atoms with Crippen LogP contribution in [0.15, 0.2) is 48.5 Å². The Morgan fingerprint density at radius 3 is 2.45 bits per heavy atom. The van der Waals surface area contributed by atoms with E-state index in [1.165, 1.54) is 7.11 Å². The third kappa shape index (κ3) is 5.75. The molecule has 2 aromatic rings. The Hall–Kier alpha value is -3.07. The van der Waals surface area contributed by atoms with E-state index in [4.69, 9.17) is 4.74 Å². The zero-order valence-electron chi connectivity index (χ0n) is 17.7. The number of carbonyl (C=O) groups excluding carboxylic acids is 2. The van der Waals surface area contributed by atoms with E-state index in [1.54, 1.807) is 53.4 Å². The lowest BCUT2D eigenvalue weighted by Gasteiger charge is -2.27. The van der Waals surface area contributed by atoms with Crippen LogP contribution in [0.5, 0.6) is 5.75 Å². The lowest BCUT2D eigenvalue weighted by molar-refractivity contribution is -0.114. The van der Waals surface area contributed by atoms with Crippen LogP contribution in [0, 0.1) is 0 Å². The van der Waals surface area contributed by atoms with Crippen LogP contribution in [0.25, 0.3) is 0 Å². The van der Waals surface area contributed by atoms with E-state index in [9.17, 15) is 18.0 Å². The molecule has 31 heavy (non-hydrogen) atoms. The number of sulfonamides is 1. The molecule has 3 rings (SSSR count). The summed E-state index contributed by atoms with van der Waals surface area (Å²) in [6, 6.07) is 13.2. The maximum Gasteiger partial charge on any atom is 0.255 e. The van der Waals surface area contributed by atoms with Crippen molar-refractivity contribution in [3.8, 4) is 5.75 Å². The molecule has 0 unspecified atom stereocenters. The lowest BCUT2D eigenvalue weighted by atomic mass is 10.1. The van der Waals surface area contributed by atoms with E-state index in [0.29, 0.717) is 35.8 Å². The number of hydrogen-bond donors (Lipinski definition) is 1. The number of likely N-dealkylation sites (tertiary alicyclic amines) is 1. The summed E-state index contributed by atoms with van der Waals surface area (Å²) in [5, 5.41) is 2.71. The van der Waals surface area contributed by atoms with Gasteiger partial charge in [-0.3, -0.25) is 13.9 Å². The number of methoxy groups -OCH3 is 1. The van der Waals surface area contributed by atoms with Crippen LogP contribution in [0.4, 0.5) is 11.4 Å². The third-order valence-electron chi connectivity index (χ3n) is 5.10. The van der Waals surface area contributed by atoms with Crippen LogP contribution in [0.1, 0.15) is 29.6 Å². The topological polar surface area (TPSA) is 96.0 Å². The standard InChI is InChI=1S/C22H27N3O5S/c1-30-18-10-8-9-17(15-18)25(31(2,28)29)16-21(26)23-20-12-5-4-11-19(20)22(27)24-13-6-3-7-14-24/h4-5,8-12,15H,3,6-7,13-14,16H2,1-2H3,(H,23,26). The normalized spacial score (nSPS) is 14.1. The smallest absolute Gasteiger partial charge is 0.255 e. The fraction of sp³-hybridized carbons (Fsp3) is 0.364. The number of amides is 2. The molecule has 8 nitrogen and oxygen atoms in total. The van der Waals surface area contributed by atoms with Crippen molar-refractivity contribution in [2.75, 3.05) is 42.6 Å². The largest absolute Gasteiger partial charge is 0.497 e. The lowest BCUT2D eigenvalue weighted by Crippen LogP contribution is -2.38. The van der Waals surface area contributed by atoms with Crippen molar-refractivity contribution < 1.29 is 22.7 Å². The average Bonchev–Trinajstić information content (AvgIpc) is 2.77. The van der Waals surface area contributed by atoms with Gasteiger partial charge in [-0.05, 0) is 43.5 Å². The monoisotopic (exact) mass is 445 g/mol. The highest BCUT2D eigenvalue weighted by Gasteiger charge is 2.24. The first kappa shape index (κ1) is 22.6. The van der Waals surface area contributed by atoms with E-state index in [-0.39, 0.29) is 5.91 Å². The number of nitrogens with one attached hydrogen (secondary N) is 1. The van der Waals surface area contributed by atoms with Crippen molar-refractivity contribution >= 4 is 33.2 Å². The molecule has 1 aliphatic heterocycles. The summed E-state index contributed by atoms with van der Waals surface area (Å²) in [6.07, 6.45) is 4.07. The van der Waals surface area contributed by atoms with Gasteiger partial charge in [-0.15, -0.1) is 0 Å². The molecule has 0 atom stereocenters. The van der Waals surface area contributed by atoms with Gasteiger partial charge < -0.3 is 15.0 Å². The molecule has 0 radical (unpaired) electrons. The first-order valence-electron chi connectivity index (χ1n) is 10.1. The Morgan fingerprint density at radius 1 is 1.06 bits per heavy atom. The van der Waals surface area contributed by atoms with Gasteiger partial charge in [-0.25, -0.2) is 8.42 Å². The highest BCUT2D eigenvalue weighted by molar-refractivity contribution is 7.92. The highest BCUT2D eigenvalue weighted by atomic mass is 32.2. The second kappa shape index (κ2) is 9.82. The van der Waals surface area contributed by atoms with Gasteiger partial charge in [-0.1, -0.05) is 18.2 Å². The van der Waals surface area contributed by atoms with Gasteiger partial charge in [0, 0.05) is 19.2 Å². The predicted molar refractivity (Wildman–Crippen MR) is 120 cm³/mol. The van der Waals surface area contributed by atoms with Gasteiger partial charge in [0.2, 0.25) is 15.9 Å². The van der Waals surface area contributed by atoms with Crippen molar-refractivity contribution in [3.05, 3.63) is 54.1 Å². The molecule has 0 aliphatic carbocycles. The van der Waals surface area contributed by atoms with E-state index in [2.05, 4.69) is 5.32 Å². The molecule has 0 aromatic heterocycles. The number of piperidine rings is 1. The highest BCUT2D eigenvalue weighted by Crippen LogP contribution is 2.24. The summed E-state index contributed by atoms with van der Waals surface area (Å²) in [5.74, 6) is -0.209. The van der Waals surface area contributed by atoms with Crippen LogP contribution < -0.4 is 14.4 Å². The Labute approximate surface area is 182 Å². The average molecular weight is 446 g/mol. The Morgan fingerprint density at radius 2 is 1.77 bits per heavy atom. The van der Waals surface area contributed by atoms with E-state index >= 15 is 0 Å². The summed E-state index contributed by atoms with van der Waals surface area (Å²) in [4.78, 5) is 27.5. The maximum atomic E-state index is 12.9. The summed E-state index contributed by atoms with van der Waals surface area (Å²) in [6.45, 7) is 0.954. The molecule has 1 N–H and O–H groups in total. The molecule has 0 saturated carbocycles. The van der Waals surface area contributed by atoms with Crippen LogP contribution in [-0.4, -0.2) is 58.1 Å². The van der Waals surface area contributed by atoms with Gasteiger partial charge in [0.05, 0.1) is 30.3 Å². The van der Waals surface area contributed by atoms with E-state index < -0.39 is 22.5 Å². The molecule has 1 saturated heterocycles. The Kier molecular flexibility index (Phi) is 7.17. The van der Waals surface area contributed by atoms with Gasteiger partial charge in [0.15, 0.2) is 0 Å². The number of rotatable bonds is 7. The zero-order valence-corrected chi connectivity index (χ0v) is 18.5. The number of anilines is 2. The minimum Gasteiger partial charge on any atom is -0.497 e.